The van der Waals surface area contributed by atoms with Gasteiger partial charge in [0, 0.05) is 12.0 Å². The van der Waals surface area contributed by atoms with Crippen LogP contribution in [0.4, 0.5) is 0 Å². The number of rotatable bonds is 8. The van der Waals surface area contributed by atoms with Gasteiger partial charge in [-0.05, 0) is 51.3 Å². The van der Waals surface area contributed by atoms with Crippen molar-refractivity contribution < 1.29 is 18.8 Å². The van der Waals surface area contributed by atoms with Crippen LogP contribution in [0.2, 0.25) is 5.22 Å². The van der Waals surface area contributed by atoms with Gasteiger partial charge in [-0.2, -0.15) is 0 Å². The third-order valence-electron chi connectivity index (χ3n) is 4.09. The van der Waals surface area contributed by atoms with Gasteiger partial charge in [0.15, 0.2) is 0 Å². The molecule has 2 aromatic rings. The molecule has 0 spiro atoms. The number of aromatic nitrogens is 1. The Morgan fingerprint density at radius 1 is 1.22 bits per heavy atom. The molecule has 0 saturated carbocycles. The molecule has 1 unspecified atom stereocenters. The number of benzene rings is 1. The monoisotopic (exact) mass is 392 g/mol. The Morgan fingerprint density at radius 2 is 1.89 bits per heavy atom. The Morgan fingerprint density at radius 3 is 2.44 bits per heavy atom. The van der Waals surface area contributed by atoms with Crippen LogP contribution in [0.3, 0.4) is 0 Å². The number of ether oxygens (including phenoxy) is 1. The summed E-state index contributed by atoms with van der Waals surface area (Å²) in [5.41, 5.74) is 3.35. The smallest absolute Gasteiger partial charge is 0.308 e. The summed E-state index contributed by atoms with van der Waals surface area (Å²) < 4.78 is 10.1. The van der Waals surface area contributed by atoms with Crippen LogP contribution in [0.25, 0.3) is 0 Å². The van der Waals surface area contributed by atoms with Crippen molar-refractivity contribution in [3.8, 4) is 0 Å². The van der Waals surface area contributed by atoms with E-state index < -0.39 is 6.04 Å². The van der Waals surface area contributed by atoms with Crippen molar-refractivity contribution in [3.63, 3.8) is 0 Å². The minimum Gasteiger partial charge on any atom is -0.463 e. The first-order valence-corrected chi connectivity index (χ1v) is 9.30. The van der Waals surface area contributed by atoms with E-state index in [1.165, 1.54) is 0 Å². The third kappa shape index (κ3) is 6.40. The average Bonchev–Trinajstić information content (AvgIpc) is 2.90. The quantitative estimate of drug-likeness (QED) is 0.684. The van der Waals surface area contributed by atoms with Gasteiger partial charge in [-0.25, -0.2) is 0 Å². The first kappa shape index (κ1) is 21.0. The van der Waals surface area contributed by atoms with Gasteiger partial charge in [0.25, 0.3) is 0 Å². The Kier molecular flexibility index (Phi) is 7.42. The molecular formula is C20H25ClN2O4. The topological polar surface area (TPSA) is 81.4 Å². The molecule has 2 rings (SSSR count). The molecule has 146 valence electrons. The normalized spacial score (nSPS) is 12.1. The zero-order chi connectivity index (χ0) is 20.0. The molecule has 7 heteroatoms. The molecule has 0 radical (unpaired) electrons. The van der Waals surface area contributed by atoms with Crippen molar-refractivity contribution in [2.45, 2.75) is 59.1 Å². The summed E-state index contributed by atoms with van der Waals surface area (Å²) in [6.45, 7) is 7.35. The largest absolute Gasteiger partial charge is 0.463 e. The molecule has 0 aliphatic carbocycles. The fourth-order valence-electron chi connectivity index (χ4n) is 2.67. The molecule has 1 aromatic carbocycles. The van der Waals surface area contributed by atoms with E-state index in [1.54, 1.807) is 20.8 Å². The van der Waals surface area contributed by atoms with Crippen LogP contribution in [0, 0.1) is 13.8 Å². The summed E-state index contributed by atoms with van der Waals surface area (Å²) >= 11 is 5.94. The van der Waals surface area contributed by atoms with Crippen LogP contribution >= 0.6 is 11.6 Å². The molecular weight excluding hydrogens is 368 g/mol. The number of carbonyl (C=O) groups excluding carboxylic acids is 2. The van der Waals surface area contributed by atoms with Crippen molar-refractivity contribution in [2.24, 2.45) is 0 Å². The van der Waals surface area contributed by atoms with Crippen molar-refractivity contribution in [1.29, 1.82) is 0 Å². The highest BCUT2D eigenvalue weighted by Crippen LogP contribution is 2.22. The van der Waals surface area contributed by atoms with Crippen LogP contribution in [-0.4, -0.2) is 23.1 Å². The van der Waals surface area contributed by atoms with Crippen LogP contribution in [0.1, 0.15) is 55.1 Å². The maximum atomic E-state index is 12.5. The number of esters is 1. The maximum Gasteiger partial charge on any atom is 0.308 e. The van der Waals surface area contributed by atoms with Crippen LogP contribution in [0.5, 0.6) is 0 Å². The zero-order valence-corrected chi connectivity index (χ0v) is 16.8. The molecule has 6 nitrogen and oxygen atoms in total. The standard InChI is InChI=1S/C20H25ClN2O4/c1-12(2)26-19(25)11-17(15-7-5-13(3)6-8-15)22-18(24)10-9-16-14(4)23-27-20(16)21/h5-8,12,17H,9-11H2,1-4H3,(H,22,24). The highest BCUT2D eigenvalue weighted by Gasteiger charge is 2.21. The van der Waals surface area contributed by atoms with Gasteiger partial charge in [0.1, 0.15) is 0 Å². The second kappa shape index (κ2) is 9.55. The van der Waals surface area contributed by atoms with E-state index in [2.05, 4.69) is 10.5 Å². The molecule has 1 amide bonds. The molecule has 0 saturated heterocycles. The van der Waals surface area contributed by atoms with Gasteiger partial charge in [0.2, 0.25) is 11.1 Å². The molecule has 1 atom stereocenters. The highest BCUT2D eigenvalue weighted by atomic mass is 35.5. The SMILES string of the molecule is Cc1ccc(C(CC(=O)OC(C)C)NC(=O)CCc2c(C)noc2Cl)cc1. The lowest BCUT2D eigenvalue weighted by Crippen LogP contribution is -2.31. The molecule has 0 bridgehead atoms. The molecule has 27 heavy (non-hydrogen) atoms. The van der Waals surface area contributed by atoms with E-state index in [-0.39, 0.29) is 36.0 Å². The van der Waals surface area contributed by atoms with Gasteiger partial charge in [0.05, 0.1) is 24.3 Å². The fraction of sp³-hybridized carbons (Fsp3) is 0.450. The van der Waals surface area contributed by atoms with Gasteiger partial charge >= 0.3 is 5.97 Å². The minimum atomic E-state index is -0.455. The van der Waals surface area contributed by atoms with Gasteiger partial charge in [-0.15, -0.1) is 0 Å². The van der Waals surface area contributed by atoms with Gasteiger partial charge in [-0.3, -0.25) is 9.59 Å². The average molecular weight is 393 g/mol. The first-order valence-electron chi connectivity index (χ1n) is 8.92. The summed E-state index contributed by atoms with van der Waals surface area (Å²) in [6, 6.07) is 7.25. The third-order valence-corrected chi connectivity index (χ3v) is 4.39. The second-order valence-corrected chi connectivity index (χ2v) is 7.14. The maximum absolute atomic E-state index is 12.5. The predicted molar refractivity (Wildman–Crippen MR) is 102 cm³/mol. The molecule has 1 N–H and O–H groups in total. The van der Waals surface area contributed by atoms with Crippen molar-refractivity contribution >= 4 is 23.5 Å². The van der Waals surface area contributed by atoms with Gasteiger partial charge in [-0.1, -0.05) is 35.0 Å². The summed E-state index contributed by atoms with van der Waals surface area (Å²) in [5.74, 6) is -0.539. The molecule has 0 aliphatic heterocycles. The predicted octanol–water partition coefficient (Wildman–Crippen LogP) is 4.08. The molecule has 1 aromatic heterocycles. The number of hydrogen-bond donors (Lipinski definition) is 1. The second-order valence-electron chi connectivity index (χ2n) is 6.79. The van der Waals surface area contributed by atoms with E-state index in [0.717, 1.165) is 16.7 Å². The highest BCUT2D eigenvalue weighted by molar-refractivity contribution is 6.29. The molecule has 0 fully saturated rings. The molecule has 1 heterocycles. The van der Waals surface area contributed by atoms with Crippen LogP contribution < -0.4 is 5.32 Å². The number of amides is 1. The fourth-order valence-corrected chi connectivity index (χ4v) is 2.94. The van der Waals surface area contributed by atoms with E-state index >= 15 is 0 Å². The van der Waals surface area contributed by atoms with E-state index in [9.17, 15) is 9.59 Å². The number of aryl methyl sites for hydroxylation is 2. The van der Waals surface area contributed by atoms with Crippen molar-refractivity contribution in [2.75, 3.05) is 0 Å². The van der Waals surface area contributed by atoms with Gasteiger partial charge < -0.3 is 14.6 Å². The van der Waals surface area contributed by atoms with E-state index in [1.807, 2.05) is 31.2 Å². The van der Waals surface area contributed by atoms with E-state index in [0.29, 0.717) is 12.1 Å². The number of hydrogen-bond acceptors (Lipinski definition) is 5. The first-order chi connectivity index (χ1) is 12.8. The van der Waals surface area contributed by atoms with Crippen molar-refractivity contribution in [3.05, 3.63) is 51.9 Å². The number of nitrogens with zero attached hydrogens (tertiary/aromatic N) is 1. The summed E-state index contributed by atoms with van der Waals surface area (Å²) in [7, 11) is 0. The zero-order valence-electron chi connectivity index (χ0n) is 16.0. The summed E-state index contributed by atoms with van der Waals surface area (Å²) in [5, 5.41) is 6.91. The van der Waals surface area contributed by atoms with Crippen molar-refractivity contribution in [1.82, 2.24) is 10.5 Å². The lowest BCUT2D eigenvalue weighted by molar-refractivity contribution is -0.148. The Labute approximate surface area is 164 Å². The Bertz CT molecular complexity index is 764. The number of carbonyl (C=O) groups is 2. The molecule has 0 aliphatic rings. The summed E-state index contributed by atoms with van der Waals surface area (Å²) in [6.07, 6.45) is 0.492. The summed E-state index contributed by atoms with van der Waals surface area (Å²) in [4.78, 5) is 24.6. The van der Waals surface area contributed by atoms with E-state index in [4.69, 9.17) is 20.9 Å². The lowest BCUT2D eigenvalue weighted by atomic mass is 10.0. The Hall–Kier alpha value is -2.34. The Balaban J connectivity index is 2.04. The van der Waals surface area contributed by atoms with Crippen LogP contribution in [-0.2, 0) is 20.7 Å². The number of nitrogens with one attached hydrogen (secondary N) is 1. The lowest BCUT2D eigenvalue weighted by Gasteiger charge is -2.19. The van der Waals surface area contributed by atoms with Crippen LogP contribution in [0.15, 0.2) is 28.8 Å². The minimum absolute atomic E-state index is 0.0695. The number of halogens is 1.